The summed E-state index contributed by atoms with van der Waals surface area (Å²) in [5.74, 6) is -0.648. The van der Waals surface area contributed by atoms with E-state index in [-0.39, 0.29) is 12.2 Å². The number of hydrogen-bond acceptors (Lipinski definition) is 4. The Hall–Kier alpha value is -1.43. The molecule has 0 atom stereocenters. The molecule has 2 aromatic rings. The summed E-state index contributed by atoms with van der Waals surface area (Å²) in [5.41, 5.74) is 0.314. The molecule has 1 aromatic heterocycles. The molecule has 2 rings (SSSR count). The van der Waals surface area contributed by atoms with E-state index in [1.54, 1.807) is 39.0 Å². The molecule has 0 aliphatic rings. The van der Waals surface area contributed by atoms with E-state index in [0.29, 0.717) is 16.7 Å². The summed E-state index contributed by atoms with van der Waals surface area (Å²) in [7, 11) is 0. The number of aromatic amines is 1. The molecular formula is C16H16Cl3NO4. The number of hydrogen-bond donors (Lipinski definition) is 1. The van der Waals surface area contributed by atoms with Gasteiger partial charge in [0.15, 0.2) is 6.61 Å². The first-order chi connectivity index (χ1) is 11.0. The minimum atomic E-state index is -2.03. The summed E-state index contributed by atoms with van der Waals surface area (Å²) in [6, 6.07) is 4.92. The highest BCUT2D eigenvalue weighted by molar-refractivity contribution is 6.77. The second-order valence-electron chi connectivity index (χ2n) is 6.11. The Bertz CT molecular complexity index is 772. The van der Waals surface area contributed by atoms with Crippen LogP contribution in [0, 0.1) is 0 Å². The van der Waals surface area contributed by atoms with Crippen LogP contribution < -0.4 is 4.74 Å². The Morgan fingerprint density at radius 3 is 2.42 bits per heavy atom. The summed E-state index contributed by atoms with van der Waals surface area (Å²) in [6.07, 6.45) is 1.46. The number of Topliss-reactive ketones (excluding diaryl/α,β-unsaturated/α-hetero) is 1. The van der Waals surface area contributed by atoms with E-state index < -0.39 is 21.1 Å². The molecule has 0 unspecified atom stereocenters. The molecule has 0 fully saturated rings. The lowest BCUT2D eigenvalue weighted by atomic mass is 10.1. The van der Waals surface area contributed by atoms with Crippen LogP contribution in [0.5, 0.6) is 5.75 Å². The van der Waals surface area contributed by atoms with Gasteiger partial charge in [0.25, 0.3) is 3.79 Å². The molecule has 1 aromatic carbocycles. The Kier molecular flexibility index (Phi) is 5.37. The summed E-state index contributed by atoms with van der Waals surface area (Å²) >= 11 is 16.9. The van der Waals surface area contributed by atoms with Gasteiger partial charge < -0.3 is 14.5 Å². The molecule has 0 radical (unpaired) electrons. The average molecular weight is 393 g/mol. The number of carbonyl (C=O) groups excluding carboxylic acids is 2. The van der Waals surface area contributed by atoms with E-state index in [0.717, 1.165) is 0 Å². The van der Waals surface area contributed by atoms with Gasteiger partial charge >= 0.3 is 5.97 Å². The summed E-state index contributed by atoms with van der Waals surface area (Å²) in [4.78, 5) is 26.6. The molecule has 0 saturated heterocycles. The average Bonchev–Trinajstić information content (AvgIpc) is 2.84. The number of esters is 1. The lowest BCUT2D eigenvalue weighted by Gasteiger charge is -2.19. The van der Waals surface area contributed by atoms with Crippen molar-refractivity contribution < 1.29 is 19.1 Å². The fraction of sp³-hybridized carbons (Fsp3) is 0.375. The summed E-state index contributed by atoms with van der Waals surface area (Å²) in [6.45, 7) is 5.11. The highest BCUT2D eigenvalue weighted by Crippen LogP contribution is 2.33. The van der Waals surface area contributed by atoms with Crippen LogP contribution in [0.4, 0.5) is 0 Å². The van der Waals surface area contributed by atoms with Gasteiger partial charge in [-0.05, 0) is 32.9 Å². The van der Waals surface area contributed by atoms with E-state index in [9.17, 15) is 9.59 Å². The van der Waals surface area contributed by atoms with Crippen molar-refractivity contribution in [3.05, 3.63) is 30.0 Å². The molecule has 0 amide bonds. The quantitative estimate of drug-likeness (QED) is 0.474. The highest BCUT2D eigenvalue weighted by Gasteiger charge is 2.33. The van der Waals surface area contributed by atoms with Gasteiger partial charge in [0.2, 0.25) is 5.78 Å². The van der Waals surface area contributed by atoms with Crippen molar-refractivity contribution >= 4 is 57.5 Å². The molecule has 0 bridgehead atoms. The number of rotatable bonds is 4. The predicted octanol–water partition coefficient (Wildman–Crippen LogP) is 4.44. The maximum absolute atomic E-state index is 12.1. The first-order valence-corrected chi connectivity index (χ1v) is 8.18. The third kappa shape index (κ3) is 4.79. The second kappa shape index (κ2) is 6.82. The molecule has 5 nitrogen and oxygen atoms in total. The second-order valence-corrected chi connectivity index (χ2v) is 8.39. The summed E-state index contributed by atoms with van der Waals surface area (Å²) < 4.78 is 8.53. The lowest BCUT2D eigenvalue weighted by molar-refractivity contribution is -0.157. The molecule has 0 spiro atoms. The first-order valence-electron chi connectivity index (χ1n) is 7.05. The van der Waals surface area contributed by atoms with Crippen LogP contribution in [-0.4, -0.2) is 32.7 Å². The fourth-order valence-electron chi connectivity index (χ4n) is 2.05. The zero-order valence-corrected chi connectivity index (χ0v) is 15.6. The molecule has 0 saturated carbocycles. The van der Waals surface area contributed by atoms with Crippen LogP contribution >= 0.6 is 34.8 Å². The third-order valence-electron chi connectivity index (χ3n) is 2.93. The highest BCUT2D eigenvalue weighted by atomic mass is 35.6. The van der Waals surface area contributed by atoms with Gasteiger partial charge in [0.1, 0.15) is 11.4 Å². The van der Waals surface area contributed by atoms with Crippen LogP contribution in [0.25, 0.3) is 10.9 Å². The zero-order chi connectivity index (χ0) is 18.1. The monoisotopic (exact) mass is 391 g/mol. The Morgan fingerprint density at radius 1 is 1.17 bits per heavy atom. The summed E-state index contributed by atoms with van der Waals surface area (Å²) in [5, 5.41) is 0.593. The van der Waals surface area contributed by atoms with Crippen molar-refractivity contribution in [3.8, 4) is 5.75 Å². The predicted molar refractivity (Wildman–Crippen MR) is 94.3 cm³/mol. The number of fused-ring (bicyclic) bond motifs is 1. The van der Waals surface area contributed by atoms with Crippen molar-refractivity contribution in [1.29, 1.82) is 0 Å². The van der Waals surface area contributed by atoms with E-state index in [1.807, 2.05) is 0 Å². The van der Waals surface area contributed by atoms with Crippen LogP contribution in [0.15, 0.2) is 24.4 Å². The number of aromatic nitrogens is 1. The van der Waals surface area contributed by atoms with E-state index >= 15 is 0 Å². The number of benzene rings is 1. The fourth-order valence-corrected chi connectivity index (χ4v) is 2.35. The Morgan fingerprint density at radius 2 is 1.83 bits per heavy atom. The number of nitrogens with one attached hydrogen (secondary N) is 1. The minimum Gasteiger partial charge on any atom is -0.482 e. The van der Waals surface area contributed by atoms with Crippen molar-refractivity contribution in [2.45, 2.75) is 30.2 Å². The van der Waals surface area contributed by atoms with Crippen LogP contribution in [0.3, 0.4) is 0 Å². The van der Waals surface area contributed by atoms with Gasteiger partial charge in [-0.1, -0.05) is 34.8 Å². The Labute approximate surface area is 154 Å². The molecule has 1 heterocycles. The topological polar surface area (TPSA) is 68.4 Å². The number of halogens is 3. The Balaban J connectivity index is 2.13. The number of carbonyl (C=O) groups is 2. The van der Waals surface area contributed by atoms with Gasteiger partial charge in [0.05, 0.1) is 0 Å². The number of ether oxygens (including phenoxy) is 2. The standard InChI is InChI=1S/C16H16Cl3NO4/c1-15(2,3)24-13(21)8-23-9-4-5-10-11(7-20-12(10)6-9)14(22)16(17,18)19/h4-7,20H,8H2,1-3H3. The van der Waals surface area contributed by atoms with Gasteiger partial charge in [-0.2, -0.15) is 0 Å². The lowest BCUT2D eigenvalue weighted by Crippen LogP contribution is -2.27. The molecule has 0 aliphatic carbocycles. The molecule has 24 heavy (non-hydrogen) atoms. The van der Waals surface area contributed by atoms with E-state index in [2.05, 4.69) is 4.98 Å². The molecule has 130 valence electrons. The van der Waals surface area contributed by atoms with Crippen molar-refractivity contribution in [3.63, 3.8) is 0 Å². The largest absolute Gasteiger partial charge is 0.482 e. The molecule has 8 heteroatoms. The van der Waals surface area contributed by atoms with Crippen LogP contribution in [0.2, 0.25) is 0 Å². The number of alkyl halides is 3. The first kappa shape index (κ1) is 18.9. The third-order valence-corrected chi connectivity index (χ3v) is 3.45. The van der Waals surface area contributed by atoms with Gasteiger partial charge in [-0.15, -0.1) is 0 Å². The molecule has 0 aliphatic heterocycles. The number of H-pyrrole nitrogens is 1. The van der Waals surface area contributed by atoms with Crippen LogP contribution in [0.1, 0.15) is 31.1 Å². The zero-order valence-electron chi connectivity index (χ0n) is 13.3. The van der Waals surface area contributed by atoms with Gasteiger partial charge in [-0.25, -0.2) is 4.79 Å². The van der Waals surface area contributed by atoms with Crippen LogP contribution in [-0.2, 0) is 9.53 Å². The SMILES string of the molecule is CC(C)(C)OC(=O)COc1ccc2c(C(=O)C(Cl)(Cl)Cl)c[nH]c2c1. The minimum absolute atomic E-state index is 0.219. The van der Waals surface area contributed by atoms with Gasteiger partial charge in [-0.3, -0.25) is 4.79 Å². The molecule has 1 N–H and O–H groups in total. The number of ketones is 1. The smallest absolute Gasteiger partial charge is 0.344 e. The maximum atomic E-state index is 12.1. The van der Waals surface area contributed by atoms with Crippen molar-refractivity contribution in [1.82, 2.24) is 4.98 Å². The van der Waals surface area contributed by atoms with Gasteiger partial charge in [0, 0.05) is 28.7 Å². The van der Waals surface area contributed by atoms with Crippen molar-refractivity contribution in [2.75, 3.05) is 6.61 Å². The van der Waals surface area contributed by atoms with E-state index in [4.69, 9.17) is 44.3 Å². The van der Waals surface area contributed by atoms with E-state index in [1.165, 1.54) is 6.20 Å². The normalized spacial score (nSPS) is 12.2. The molecular weight excluding hydrogens is 377 g/mol. The maximum Gasteiger partial charge on any atom is 0.344 e. The van der Waals surface area contributed by atoms with Crippen molar-refractivity contribution in [2.24, 2.45) is 0 Å².